The molecule has 0 spiro atoms. The van der Waals surface area contributed by atoms with Gasteiger partial charge in [0.25, 0.3) is 0 Å². The van der Waals surface area contributed by atoms with E-state index in [0.717, 1.165) is 12.1 Å². The summed E-state index contributed by atoms with van der Waals surface area (Å²) in [5.74, 6) is 0.403. The lowest BCUT2D eigenvalue weighted by molar-refractivity contribution is -0.274. The number of aromatic nitrogens is 1. The Morgan fingerprint density at radius 1 is 0.947 bits per heavy atom. The molecule has 6 nitrogen and oxygen atoms in total. The van der Waals surface area contributed by atoms with Crippen LogP contribution in [0.5, 0.6) is 28.7 Å². The lowest BCUT2D eigenvalue weighted by Gasteiger charge is -2.18. The van der Waals surface area contributed by atoms with Gasteiger partial charge in [-0.2, -0.15) is 0 Å². The van der Waals surface area contributed by atoms with E-state index < -0.39 is 12.3 Å². The molecule has 0 N–H and O–H groups in total. The molecule has 1 heterocycles. The van der Waals surface area contributed by atoms with Gasteiger partial charge in [0, 0.05) is 22.7 Å². The molecule has 0 unspecified atom stereocenters. The third kappa shape index (κ3) is 6.11. The maximum atomic E-state index is 12.6. The van der Waals surface area contributed by atoms with Crippen molar-refractivity contribution in [1.82, 2.24) is 4.98 Å². The largest absolute Gasteiger partial charge is 0.573 e. The Kier molecular flexibility index (Phi) is 7.68. The summed E-state index contributed by atoms with van der Waals surface area (Å²) in [6.07, 6.45) is -4.77. The maximum absolute atomic E-state index is 12.6. The van der Waals surface area contributed by atoms with E-state index in [4.69, 9.17) is 25.8 Å². The van der Waals surface area contributed by atoms with E-state index in [9.17, 15) is 18.0 Å². The number of nitrogens with zero attached hydrogens (tertiary/aromatic N) is 1. The van der Waals surface area contributed by atoms with Gasteiger partial charge in [0.05, 0.1) is 23.6 Å². The summed E-state index contributed by atoms with van der Waals surface area (Å²) in [5, 5.41) is 0.890. The zero-order chi connectivity index (χ0) is 27.6. The SMILES string of the molecule is COc1cc2nc(C)c(-c3ccc(Oc4ccc(OC(F)(F)F)cc4)cc3)c(OC(=O)C(C)C)c2cc1Cl. The van der Waals surface area contributed by atoms with Crippen LogP contribution in [0.25, 0.3) is 22.0 Å². The van der Waals surface area contributed by atoms with Gasteiger partial charge in [0.1, 0.15) is 28.7 Å². The molecule has 0 aliphatic rings. The molecule has 0 bridgehead atoms. The number of methoxy groups -OCH3 is 1. The van der Waals surface area contributed by atoms with Gasteiger partial charge in [-0.3, -0.25) is 9.78 Å². The van der Waals surface area contributed by atoms with Crippen molar-refractivity contribution < 1.29 is 36.9 Å². The van der Waals surface area contributed by atoms with Gasteiger partial charge in [-0.15, -0.1) is 13.2 Å². The minimum absolute atomic E-state index is 0.324. The van der Waals surface area contributed by atoms with Crippen molar-refractivity contribution >= 4 is 28.5 Å². The highest BCUT2D eigenvalue weighted by Crippen LogP contribution is 2.42. The third-order valence-electron chi connectivity index (χ3n) is 5.50. The van der Waals surface area contributed by atoms with Gasteiger partial charge < -0.3 is 18.9 Å². The molecule has 0 fully saturated rings. The van der Waals surface area contributed by atoms with Crippen molar-refractivity contribution in [3.05, 3.63) is 71.4 Å². The number of aryl methyl sites for hydroxylation is 1. The van der Waals surface area contributed by atoms with E-state index in [2.05, 4.69) is 9.72 Å². The Hall–Kier alpha value is -3.98. The number of pyridine rings is 1. The van der Waals surface area contributed by atoms with Crippen molar-refractivity contribution in [1.29, 1.82) is 0 Å². The van der Waals surface area contributed by atoms with Crippen molar-refractivity contribution in [3.63, 3.8) is 0 Å². The summed E-state index contributed by atoms with van der Waals surface area (Å²) >= 11 is 6.38. The number of rotatable bonds is 7. The lowest BCUT2D eigenvalue weighted by Crippen LogP contribution is -2.16. The quantitative estimate of drug-likeness (QED) is 0.218. The monoisotopic (exact) mass is 545 g/mol. The predicted octanol–water partition coefficient (Wildman–Crippen LogP) is 8.12. The standard InChI is InChI=1S/C28H23ClF3NO5/c1-15(2)27(34)37-26-21-13-22(29)24(35-4)14-23(21)33-16(3)25(26)17-5-7-18(8-6-17)36-19-9-11-20(12-10-19)38-28(30,31)32/h5-15H,1-4H3. The van der Waals surface area contributed by atoms with Crippen LogP contribution in [0.3, 0.4) is 0 Å². The highest BCUT2D eigenvalue weighted by Gasteiger charge is 2.31. The van der Waals surface area contributed by atoms with Crippen molar-refractivity contribution in [2.45, 2.75) is 27.1 Å². The van der Waals surface area contributed by atoms with Crippen molar-refractivity contribution in [2.24, 2.45) is 5.92 Å². The van der Waals surface area contributed by atoms with Crippen LogP contribution in [0.1, 0.15) is 19.5 Å². The average molecular weight is 546 g/mol. The molecule has 0 atom stereocenters. The van der Waals surface area contributed by atoms with E-state index in [0.29, 0.717) is 55.7 Å². The Bertz CT molecular complexity index is 1470. The first-order valence-corrected chi connectivity index (χ1v) is 11.9. The first kappa shape index (κ1) is 27.1. The summed E-state index contributed by atoms with van der Waals surface area (Å²) in [5.41, 5.74) is 2.48. The summed E-state index contributed by atoms with van der Waals surface area (Å²) < 4.78 is 57.9. The van der Waals surface area contributed by atoms with Crippen LogP contribution in [0, 0.1) is 12.8 Å². The summed E-state index contributed by atoms with van der Waals surface area (Å²) in [4.78, 5) is 17.3. The van der Waals surface area contributed by atoms with Gasteiger partial charge in [0.15, 0.2) is 0 Å². The van der Waals surface area contributed by atoms with E-state index in [1.807, 2.05) is 0 Å². The number of carbonyl (C=O) groups is 1. The van der Waals surface area contributed by atoms with Gasteiger partial charge in [-0.1, -0.05) is 37.6 Å². The highest BCUT2D eigenvalue weighted by atomic mass is 35.5. The third-order valence-corrected chi connectivity index (χ3v) is 5.80. The Morgan fingerprint density at radius 2 is 1.53 bits per heavy atom. The van der Waals surface area contributed by atoms with Crippen molar-refractivity contribution in [2.75, 3.05) is 7.11 Å². The Morgan fingerprint density at radius 3 is 2.08 bits per heavy atom. The van der Waals surface area contributed by atoms with E-state index in [1.54, 1.807) is 57.2 Å². The number of hydrogen-bond donors (Lipinski definition) is 0. The molecule has 0 aliphatic heterocycles. The van der Waals surface area contributed by atoms with Gasteiger partial charge in [0.2, 0.25) is 0 Å². The number of hydrogen-bond acceptors (Lipinski definition) is 6. The fourth-order valence-electron chi connectivity index (χ4n) is 3.71. The topological polar surface area (TPSA) is 66.9 Å². The molecule has 0 saturated heterocycles. The fraction of sp³-hybridized carbons (Fsp3) is 0.214. The molecule has 4 rings (SSSR count). The summed E-state index contributed by atoms with van der Waals surface area (Å²) in [6, 6.07) is 15.3. The van der Waals surface area contributed by atoms with Crippen LogP contribution < -0.4 is 18.9 Å². The van der Waals surface area contributed by atoms with Crippen LogP contribution >= 0.6 is 11.6 Å². The molecular formula is C28H23ClF3NO5. The molecule has 38 heavy (non-hydrogen) atoms. The first-order valence-electron chi connectivity index (χ1n) is 11.5. The van der Waals surface area contributed by atoms with Crippen LogP contribution in [-0.2, 0) is 4.79 Å². The average Bonchev–Trinajstić information content (AvgIpc) is 2.85. The number of carbonyl (C=O) groups excluding carboxylic acids is 1. The normalized spacial score (nSPS) is 11.5. The Labute approximate surface area is 221 Å². The predicted molar refractivity (Wildman–Crippen MR) is 137 cm³/mol. The summed E-state index contributed by atoms with van der Waals surface area (Å²) in [6.45, 7) is 5.28. The molecule has 3 aromatic carbocycles. The molecule has 0 radical (unpaired) electrons. The van der Waals surface area contributed by atoms with Gasteiger partial charge >= 0.3 is 12.3 Å². The summed E-state index contributed by atoms with van der Waals surface area (Å²) in [7, 11) is 1.50. The molecule has 0 amide bonds. The number of fused-ring (bicyclic) bond motifs is 1. The number of alkyl halides is 3. The number of halogens is 4. The second-order valence-corrected chi connectivity index (χ2v) is 9.03. The lowest BCUT2D eigenvalue weighted by atomic mass is 9.99. The highest BCUT2D eigenvalue weighted by molar-refractivity contribution is 6.33. The number of ether oxygens (including phenoxy) is 4. The number of benzene rings is 3. The molecule has 4 aromatic rings. The maximum Gasteiger partial charge on any atom is 0.573 e. The first-order chi connectivity index (χ1) is 17.9. The van der Waals surface area contributed by atoms with E-state index in [-0.39, 0.29) is 11.7 Å². The number of esters is 1. The van der Waals surface area contributed by atoms with Crippen LogP contribution in [0.4, 0.5) is 13.2 Å². The second-order valence-electron chi connectivity index (χ2n) is 8.63. The minimum Gasteiger partial charge on any atom is -0.495 e. The molecule has 10 heteroatoms. The van der Waals surface area contributed by atoms with Gasteiger partial charge in [-0.05, 0) is 55.0 Å². The fourth-order valence-corrected chi connectivity index (χ4v) is 3.95. The molecule has 198 valence electrons. The van der Waals surface area contributed by atoms with Crippen LogP contribution in [0.15, 0.2) is 60.7 Å². The zero-order valence-electron chi connectivity index (χ0n) is 20.9. The van der Waals surface area contributed by atoms with E-state index >= 15 is 0 Å². The second kappa shape index (κ2) is 10.8. The van der Waals surface area contributed by atoms with Crippen LogP contribution in [-0.4, -0.2) is 24.4 Å². The molecular weight excluding hydrogens is 523 g/mol. The van der Waals surface area contributed by atoms with Crippen LogP contribution in [0.2, 0.25) is 5.02 Å². The van der Waals surface area contributed by atoms with Gasteiger partial charge in [-0.25, -0.2) is 0 Å². The van der Waals surface area contributed by atoms with E-state index in [1.165, 1.54) is 19.2 Å². The molecule has 0 aliphatic carbocycles. The Balaban J connectivity index is 1.69. The van der Waals surface area contributed by atoms with Crippen molar-refractivity contribution in [3.8, 4) is 39.9 Å². The smallest absolute Gasteiger partial charge is 0.495 e. The minimum atomic E-state index is -4.77. The molecule has 0 saturated carbocycles. The molecule has 1 aromatic heterocycles. The zero-order valence-corrected chi connectivity index (χ0v) is 21.6.